The molecule has 2 aromatic carbocycles. The average molecular weight is 458 g/mol. The van der Waals surface area contributed by atoms with Crippen LogP contribution in [0.4, 0.5) is 10.1 Å². The molecule has 158 valence electrons. The number of amides is 1. The maximum atomic E-state index is 13.6. The molecule has 0 aliphatic rings. The first-order chi connectivity index (χ1) is 14.9. The Hall–Kier alpha value is -3.23. The summed E-state index contributed by atoms with van der Waals surface area (Å²) in [7, 11) is 0. The number of fused-ring (bicyclic) bond motifs is 1. The third kappa shape index (κ3) is 4.60. The van der Waals surface area contributed by atoms with E-state index in [-0.39, 0.29) is 5.69 Å². The van der Waals surface area contributed by atoms with Crippen LogP contribution in [-0.4, -0.2) is 28.3 Å². The molecular weight excluding hydrogens is 441 g/mol. The molecule has 0 aliphatic carbocycles. The van der Waals surface area contributed by atoms with E-state index in [1.165, 1.54) is 29.5 Å². The van der Waals surface area contributed by atoms with Gasteiger partial charge in [0.05, 0.1) is 17.9 Å². The van der Waals surface area contributed by atoms with Gasteiger partial charge in [-0.2, -0.15) is 5.10 Å². The molecule has 2 aromatic heterocycles. The number of nitrogens with zero attached hydrogens (tertiary/aromatic N) is 2. The lowest BCUT2D eigenvalue weighted by Crippen LogP contribution is -2.21. The summed E-state index contributed by atoms with van der Waals surface area (Å²) in [4.78, 5) is 25.6. The van der Waals surface area contributed by atoms with E-state index in [0.717, 1.165) is 21.5 Å². The lowest BCUT2D eigenvalue weighted by molar-refractivity contribution is -0.119. The van der Waals surface area contributed by atoms with Gasteiger partial charge in [-0.05, 0) is 36.8 Å². The number of nitrogens with one attached hydrogen (secondary N) is 1. The molecule has 0 fully saturated rings. The fourth-order valence-electron chi connectivity index (χ4n) is 3.06. The fraction of sp³-hybridized carbons (Fsp3) is 0.136. The third-order valence-electron chi connectivity index (χ3n) is 4.57. The summed E-state index contributed by atoms with van der Waals surface area (Å²) < 4.78 is 20.5. The normalized spacial score (nSPS) is 10.9. The van der Waals surface area contributed by atoms with Crippen molar-refractivity contribution in [1.29, 1.82) is 0 Å². The number of hydrogen-bond acceptors (Lipinski definition) is 5. The van der Waals surface area contributed by atoms with Gasteiger partial charge in [-0.3, -0.25) is 9.48 Å². The Balaban J connectivity index is 1.46. The highest BCUT2D eigenvalue weighted by Gasteiger charge is 2.19. The van der Waals surface area contributed by atoms with E-state index in [4.69, 9.17) is 16.3 Å². The van der Waals surface area contributed by atoms with Crippen molar-refractivity contribution in [3.05, 3.63) is 81.6 Å². The molecule has 0 saturated carbocycles. The van der Waals surface area contributed by atoms with Crippen molar-refractivity contribution in [3.63, 3.8) is 0 Å². The molecule has 0 aliphatic heterocycles. The Bertz CT molecular complexity index is 1280. The quantitative estimate of drug-likeness (QED) is 0.411. The first kappa shape index (κ1) is 21.0. The predicted molar refractivity (Wildman–Crippen MR) is 118 cm³/mol. The van der Waals surface area contributed by atoms with Crippen LogP contribution in [0.5, 0.6) is 0 Å². The van der Waals surface area contributed by atoms with Gasteiger partial charge < -0.3 is 10.1 Å². The molecule has 9 heteroatoms. The molecule has 2 heterocycles. The number of benzene rings is 2. The minimum absolute atomic E-state index is 0.0284. The van der Waals surface area contributed by atoms with Crippen LogP contribution >= 0.6 is 22.9 Å². The van der Waals surface area contributed by atoms with Gasteiger partial charge >= 0.3 is 5.97 Å². The Kier molecular flexibility index (Phi) is 6.01. The highest BCUT2D eigenvalue weighted by Crippen LogP contribution is 2.30. The number of aromatic nitrogens is 2. The van der Waals surface area contributed by atoms with E-state index in [1.807, 2.05) is 31.2 Å². The van der Waals surface area contributed by atoms with Crippen LogP contribution in [0, 0.1) is 12.7 Å². The topological polar surface area (TPSA) is 73.2 Å². The summed E-state index contributed by atoms with van der Waals surface area (Å²) in [6.07, 6.45) is 0. The summed E-state index contributed by atoms with van der Waals surface area (Å²) in [5.41, 5.74) is 1.71. The van der Waals surface area contributed by atoms with Gasteiger partial charge in [0.1, 0.15) is 15.5 Å². The molecule has 4 aromatic rings. The van der Waals surface area contributed by atoms with Crippen LogP contribution in [0.2, 0.25) is 5.02 Å². The number of para-hydroxylation sites is 1. The molecule has 1 N–H and O–H groups in total. The van der Waals surface area contributed by atoms with E-state index in [1.54, 1.807) is 16.8 Å². The van der Waals surface area contributed by atoms with Crippen molar-refractivity contribution in [2.24, 2.45) is 0 Å². The molecule has 0 bridgehead atoms. The van der Waals surface area contributed by atoms with Crippen LogP contribution < -0.4 is 5.32 Å². The number of ether oxygens (including phenoxy) is 1. The van der Waals surface area contributed by atoms with Crippen molar-refractivity contribution >= 4 is 50.7 Å². The molecule has 0 radical (unpaired) electrons. The van der Waals surface area contributed by atoms with Gasteiger partial charge in [-0.1, -0.05) is 41.9 Å². The Morgan fingerprint density at radius 2 is 1.94 bits per heavy atom. The number of carbonyl (C=O) groups is 2. The second kappa shape index (κ2) is 8.87. The molecular formula is C22H17ClFN3O3S. The Morgan fingerprint density at radius 3 is 2.71 bits per heavy atom. The van der Waals surface area contributed by atoms with Crippen LogP contribution in [-0.2, 0) is 16.1 Å². The van der Waals surface area contributed by atoms with Crippen molar-refractivity contribution in [1.82, 2.24) is 9.78 Å². The number of esters is 1. The van der Waals surface area contributed by atoms with E-state index in [2.05, 4.69) is 10.4 Å². The minimum atomic E-state index is -0.631. The maximum Gasteiger partial charge on any atom is 0.348 e. The number of rotatable bonds is 6. The standard InChI is InChI=1S/C22H17ClFN3O3S/c1-13-15-10-19(22(29)30-12-20(28)25-18-9-5-4-8-17(18)24)31-21(15)27(26-13)11-14-6-2-3-7-16(14)23/h2-10H,11-12H2,1H3,(H,25,28). The number of thiophene rings is 1. The first-order valence-corrected chi connectivity index (χ1v) is 10.5. The molecule has 0 saturated heterocycles. The van der Waals surface area contributed by atoms with Crippen molar-refractivity contribution in [2.45, 2.75) is 13.5 Å². The summed E-state index contributed by atoms with van der Waals surface area (Å²) in [6.45, 7) is 1.80. The second-order valence-electron chi connectivity index (χ2n) is 6.77. The molecule has 31 heavy (non-hydrogen) atoms. The number of carbonyl (C=O) groups excluding carboxylic acids is 2. The molecule has 0 spiro atoms. The number of aryl methyl sites for hydroxylation is 1. The van der Waals surface area contributed by atoms with E-state index < -0.39 is 24.3 Å². The summed E-state index contributed by atoms with van der Waals surface area (Å²) in [6, 6.07) is 15.0. The SMILES string of the molecule is Cc1nn(Cc2ccccc2Cl)c2sc(C(=O)OCC(=O)Nc3ccccc3F)cc12. The van der Waals surface area contributed by atoms with Gasteiger partial charge in [-0.25, -0.2) is 9.18 Å². The summed E-state index contributed by atoms with van der Waals surface area (Å²) in [5.74, 6) is -1.82. The largest absolute Gasteiger partial charge is 0.451 e. The lowest BCUT2D eigenvalue weighted by Gasteiger charge is -2.06. The first-order valence-electron chi connectivity index (χ1n) is 9.34. The monoisotopic (exact) mass is 457 g/mol. The molecule has 4 rings (SSSR count). The third-order valence-corrected chi connectivity index (χ3v) is 6.07. The van der Waals surface area contributed by atoms with Gasteiger partial charge in [0.2, 0.25) is 0 Å². The molecule has 6 nitrogen and oxygen atoms in total. The maximum absolute atomic E-state index is 13.6. The van der Waals surface area contributed by atoms with Crippen molar-refractivity contribution in [2.75, 3.05) is 11.9 Å². The van der Waals surface area contributed by atoms with Gasteiger partial charge in [0.25, 0.3) is 5.91 Å². The summed E-state index contributed by atoms with van der Waals surface area (Å²) in [5, 5.41) is 8.38. The second-order valence-corrected chi connectivity index (χ2v) is 8.21. The fourth-order valence-corrected chi connectivity index (χ4v) is 4.31. The zero-order chi connectivity index (χ0) is 22.0. The zero-order valence-electron chi connectivity index (χ0n) is 16.4. The highest BCUT2D eigenvalue weighted by atomic mass is 35.5. The smallest absolute Gasteiger partial charge is 0.348 e. The van der Waals surface area contributed by atoms with Crippen LogP contribution in [0.3, 0.4) is 0 Å². The van der Waals surface area contributed by atoms with E-state index in [9.17, 15) is 14.0 Å². The van der Waals surface area contributed by atoms with Crippen LogP contribution in [0.1, 0.15) is 20.9 Å². The van der Waals surface area contributed by atoms with Crippen LogP contribution in [0.25, 0.3) is 10.2 Å². The van der Waals surface area contributed by atoms with Crippen molar-refractivity contribution < 1.29 is 18.7 Å². The Labute approximate surface area is 186 Å². The van der Waals surface area contributed by atoms with E-state index >= 15 is 0 Å². The summed E-state index contributed by atoms with van der Waals surface area (Å²) >= 11 is 7.48. The van der Waals surface area contributed by atoms with Crippen LogP contribution in [0.15, 0.2) is 54.6 Å². The molecule has 1 amide bonds. The molecule has 0 atom stereocenters. The average Bonchev–Trinajstić information content (AvgIpc) is 3.31. The zero-order valence-corrected chi connectivity index (χ0v) is 18.0. The van der Waals surface area contributed by atoms with Gasteiger partial charge in [-0.15, -0.1) is 11.3 Å². The minimum Gasteiger partial charge on any atom is -0.451 e. The lowest BCUT2D eigenvalue weighted by atomic mass is 10.2. The number of halogens is 2. The molecule has 0 unspecified atom stereocenters. The number of hydrogen-bond donors (Lipinski definition) is 1. The Morgan fingerprint density at radius 1 is 1.19 bits per heavy atom. The van der Waals surface area contributed by atoms with Crippen molar-refractivity contribution in [3.8, 4) is 0 Å². The number of anilines is 1. The van der Waals surface area contributed by atoms with Gasteiger partial charge in [0.15, 0.2) is 6.61 Å². The van der Waals surface area contributed by atoms with Gasteiger partial charge in [0, 0.05) is 10.4 Å². The van der Waals surface area contributed by atoms with E-state index in [0.29, 0.717) is 16.4 Å². The predicted octanol–water partition coefficient (Wildman–Crippen LogP) is 5.04. The highest BCUT2D eigenvalue weighted by molar-refractivity contribution is 7.20.